The quantitative estimate of drug-likeness (QED) is 0.779. The molecule has 96 valence electrons. The van der Waals surface area contributed by atoms with Crippen LogP contribution in [0.3, 0.4) is 0 Å². The number of halogens is 1. The first-order valence-electron chi connectivity index (χ1n) is 5.81. The second-order valence-electron chi connectivity index (χ2n) is 4.66. The Balaban J connectivity index is 2.42. The minimum Gasteiger partial charge on any atom is -0.337 e. The first-order chi connectivity index (χ1) is 8.41. The molecule has 2 rings (SSSR count). The van der Waals surface area contributed by atoms with E-state index >= 15 is 0 Å². The molecule has 1 saturated heterocycles. The smallest absolute Gasteiger partial charge is 0.252 e. The molecule has 0 unspecified atom stereocenters. The van der Waals surface area contributed by atoms with E-state index in [0.29, 0.717) is 16.7 Å². The Hall–Kier alpha value is -1.13. The standard InChI is InChI=1S/C13H15ClN2OS/c1-8(2)15-7-12(17)16(13(15)18)11-6-10(14)5-4-9(11)3/h4-6,8H,7H2,1-3H3. The van der Waals surface area contributed by atoms with Gasteiger partial charge in [0.1, 0.15) is 6.54 Å². The van der Waals surface area contributed by atoms with Gasteiger partial charge in [0.05, 0.1) is 5.69 Å². The lowest BCUT2D eigenvalue weighted by molar-refractivity contribution is -0.116. The molecule has 0 bridgehead atoms. The van der Waals surface area contributed by atoms with Crippen LogP contribution in [0.5, 0.6) is 0 Å². The highest BCUT2D eigenvalue weighted by atomic mass is 35.5. The van der Waals surface area contributed by atoms with E-state index in [1.807, 2.05) is 37.8 Å². The topological polar surface area (TPSA) is 23.6 Å². The average Bonchev–Trinajstić information content (AvgIpc) is 2.58. The predicted molar refractivity (Wildman–Crippen MR) is 78.1 cm³/mol. The molecule has 18 heavy (non-hydrogen) atoms. The van der Waals surface area contributed by atoms with Crippen molar-refractivity contribution in [3.8, 4) is 0 Å². The van der Waals surface area contributed by atoms with E-state index in [1.54, 1.807) is 11.0 Å². The van der Waals surface area contributed by atoms with Gasteiger partial charge in [0.2, 0.25) is 0 Å². The molecule has 1 aliphatic heterocycles. The lowest BCUT2D eigenvalue weighted by atomic mass is 10.2. The summed E-state index contributed by atoms with van der Waals surface area (Å²) in [5, 5.41) is 1.16. The summed E-state index contributed by atoms with van der Waals surface area (Å²) < 4.78 is 0. The second-order valence-corrected chi connectivity index (χ2v) is 5.47. The van der Waals surface area contributed by atoms with Gasteiger partial charge in [-0.3, -0.25) is 9.69 Å². The third-order valence-corrected chi connectivity index (χ3v) is 3.68. The van der Waals surface area contributed by atoms with Crippen LogP contribution in [0.2, 0.25) is 5.02 Å². The Bertz CT molecular complexity index is 516. The zero-order valence-corrected chi connectivity index (χ0v) is 12.2. The van der Waals surface area contributed by atoms with Crippen LogP contribution in [0.1, 0.15) is 19.4 Å². The van der Waals surface area contributed by atoms with E-state index in [0.717, 1.165) is 11.3 Å². The molecule has 0 aliphatic carbocycles. The van der Waals surface area contributed by atoms with Crippen LogP contribution in [0, 0.1) is 6.92 Å². The van der Waals surface area contributed by atoms with Crippen molar-refractivity contribution in [3.63, 3.8) is 0 Å². The summed E-state index contributed by atoms with van der Waals surface area (Å²) in [6.45, 7) is 6.32. The minimum absolute atomic E-state index is 0.000864. The summed E-state index contributed by atoms with van der Waals surface area (Å²) >= 11 is 11.4. The van der Waals surface area contributed by atoms with Gasteiger partial charge < -0.3 is 4.90 Å². The van der Waals surface area contributed by atoms with Crippen molar-refractivity contribution in [2.24, 2.45) is 0 Å². The maximum absolute atomic E-state index is 12.1. The van der Waals surface area contributed by atoms with Crippen molar-refractivity contribution < 1.29 is 4.79 Å². The Kier molecular flexibility index (Phi) is 3.59. The van der Waals surface area contributed by atoms with Gasteiger partial charge >= 0.3 is 0 Å². The number of thiocarbonyl (C=S) groups is 1. The van der Waals surface area contributed by atoms with Crippen molar-refractivity contribution >= 4 is 40.5 Å². The summed E-state index contributed by atoms with van der Waals surface area (Å²) in [6.07, 6.45) is 0. The third-order valence-electron chi connectivity index (χ3n) is 3.03. The molecular formula is C13H15ClN2OS. The van der Waals surface area contributed by atoms with Crippen LogP contribution >= 0.6 is 23.8 Å². The van der Waals surface area contributed by atoms with Crippen molar-refractivity contribution in [2.45, 2.75) is 26.8 Å². The number of hydrogen-bond acceptors (Lipinski definition) is 2. The highest BCUT2D eigenvalue weighted by Crippen LogP contribution is 2.28. The number of anilines is 1. The number of hydrogen-bond donors (Lipinski definition) is 0. The van der Waals surface area contributed by atoms with Gasteiger partial charge in [-0.1, -0.05) is 17.7 Å². The van der Waals surface area contributed by atoms with E-state index in [4.69, 9.17) is 23.8 Å². The number of nitrogens with zero attached hydrogens (tertiary/aromatic N) is 2. The van der Waals surface area contributed by atoms with Gasteiger partial charge in [-0.25, -0.2) is 0 Å². The fourth-order valence-corrected chi connectivity index (χ4v) is 2.63. The highest BCUT2D eigenvalue weighted by molar-refractivity contribution is 7.80. The number of carbonyl (C=O) groups is 1. The first-order valence-corrected chi connectivity index (χ1v) is 6.60. The van der Waals surface area contributed by atoms with Gasteiger partial charge in [0, 0.05) is 11.1 Å². The van der Waals surface area contributed by atoms with E-state index < -0.39 is 0 Å². The molecule has 0 spiro atoms. The Morgan fingerprint density at radius 2 is 2.06 bits per heavy atom. The Morgan fingerprint density at radius 3 is 2.61 bits per heavy atom. The van der Waals surface area contributed by atoms with Crippen LogP contribution in [0.4, 0.5) is 5.69 Å². The van der Waals surface area contributed by atoms with Crippen molar-refractivity contribution in [1.29, 1.82) is 0 Å². The average molecular weight is 283 g/mol. The number of aryl methyl sites for hydroxylation is 1. The van der Waals surface area contributed by atoms with Crippen LogP contribution in [-0.4, -0.2) is 28.5 Å². The van der Waals surface area contributed by atoms with Crippen molar-refractivity contribution in [1.82, 2.24) is 4.90 Å². The molecule has 1 heterocycles. The predicted octanol–water partition coefficient (Wildman–Crippen LogP) is 2.99. The van der Waals surface area contributed by atoms with E-state index in [2.05, 4.69) is 0 Å². The van der Waals surface area contributed by atoms with Crippen molar-refractivity contribution in [2.75, 3.05) is 11.4 Å². The molecule has 1 fully saturated rings. The Labute approximate surface area is 117 Å². The van der Waals surface area contributed by atoms with Gasteiger partial charge in [-0.05, 0) is 50.7 Å². The lowest BCUT2D eigenvalue weighted by Gasteiger charge is -2.24. The van der Waals surface area contributed by atoms with E-state index in [-0.39, 0.29) is 11.9 Å². The molecule has 5 heteroatoms. The first kappa shape index (κ1) is 13.3. The normalized spacial score (nSPS) is 16.1. The molecule has 0 atom stereocenters. The highest BCUT2D eigenvalue weighted by Gasteiger charge is 2.35. The molecular weight excluding hydrogens is 268 g/mol. The van der Waals surface area contributed by atoms with Gasteiger partial charge in [0.25, 0.3) is 5.91 Å². The monoisotopic (exact) mass is 282 g/mol. The van der Waals surface area contributed by atoms with Crippen molar-refractivity contribution in [3.05, 3.63) is 28.8 Å². The number of carbonyl (C=O) groups excluding carboxylic acids is 1. The Morgan fingerprint density at radius 1 is 1.39 bits per heavy atom. The van der Waals surface area contributed by atoms with Crippen LogP contribution in [-0.2, 0) is 4.79 Å². The number of benzene rings is 1. The molecule has 1 aromatic carbocycles. The van der Waals surface area contributed by atoms with E-state index in [9.17, 15) is 4.79 Å². The zero-order valence-electron chi connectivity index (χ0n) is 10.6. The molecule has 0 saturated carbocycles. The van der Waals surface area contributed by atoms with E-state index in [1.165, 1.54) is 0 Å². The number of rotatable bonds is 2. The fraction of sp³-hybridized carbons (Fsp3) is 0.385. The summed E-state index contributed by atoms with van der Waals surface area (Å²) in [5.74, 6) is -0.000864. The summed E-state index contributed by atoms with van der Waals surface area (Å²) in [6, 6.07) is 5.70. The molecule has 1 aliphatic rings. The zero-order chi connectivity index (χ0) is 13.4. The summed E-state index contributed by atoms with van der Waals surface area (Å²) in [7, 11) is 0. The molecule has 1 amide bonds. The van der Waals surface area contributed by atoms with Gasteiger partial charge in [-0.15, -0.1) is 0 Å². The maximum atomic E-state index is 12.1. The molecule has 0 aromatic heterocycles. The molecule has 0 N–H and O–H groups in total. The summed E-state index contributed by atoms with van der Waals surface area (Å²) in [5.41, 5.74) is 1.77. The maximum Gasteiger partial charge on any atom is 0.252 e. The van der Waals surface area contributed by atoms with Crippen LogP contribution in [0.25, 0.3) is 0 Å². The van der Waals surface area contributed by atoms with Crippen LogP contribution in [0.15, 0.2) is 18.2 Å². The van der Waals surface area contributed by atoms with Gasteiger partial charge in [0.15, 0.2) is 5.11 Å². The molecule has 1 aromatic rings. The minimum atomic E-state index is -0.000864. The second kappa shape index (κ2) is 4.86. The third kappa shape index (κ3) is 2.22. The SMILES string of the molecule is Cc1ccc(Cl)cc1N1C(=O)CN(C(C)C)C1=S. The van der Waals surface area contributed by atoms with Crippen LogP contribution < -0.4 is 4.90 Å². The van der Waals surface area contributed by atoms with Gasteiger partial charge in [-0.2, -0.15) is 0 Å². The molecule has 3 nitrogen and oxygen atoms in total. The summed E-state index contributed by atoms with van der Waals surface area (Å²) in [4.78, 5) is 15.6. The molecule has 0 radical (unpaired) electrons. The lowest BCUT2D eigenvalue weighted by Crippen LogP contribution is -2.36. The largest absolute Gasteiger partial charge is 0.337 e. The fourth-order valence-electron chi connectivity index (χ4n) is 1.98. The number of amides is 1.